The zero-order valence-corrected chi connectivity index (χ0v) is 10.8. The van der Waals surface area contributed by atoms with E-state index in [-0.39, 0.29) is 11.5 Å². The summed E-state index contributed by atoms with van der Waals surface area (Å²) in [6.45, 7) is 2.19. The fraction of sp³-hybridized carbons (Fsp3) is 0.600. The molecule has 0 heterocycles. The van der Waals surface area contributed by atoms with Gasteiger partial charge in [-0.15, -0.1) is 0 Å². The van der Waals surface area contributed by atoms with E-state index in [1.165, 1.54) is 12.8 Å². The molecule has 0 bridgehead atoms. The molecule has 1 N–H and O–H groups in total. The van der Waals surface area contributed by atoms with Gasteiger partial charge in [0.25, 0.3) is 0 Å². The first-order valence-corrected chi connectivity index (χ1v) is 6.54. The normalized spacial score (nSPS) is 20.2. The molecule has 2 heteroatoms. The van der Waals surface area contributed by atoms with Crippen molar-refractivity contribution in [2.24, 2.45) is 5.41 Å². The Balaban J connectivity index is 2.19. The van der Waals surface area contributed by atoms with Gasteiger partial charge in [-0.25, -0.2) is 0 Å². The first kappa shape index (κ1) is 12.4. The van der Waals surface area contributed by atoms with E-state index in [0.717, 1.165) is 30.6 Å². The van der Waals surface area contributed by atoms with Crippen LogP contribution in [0.4, 0.5) is 0 Å². The maximum Gasteiger partial charge on any atom is 0.118 e. The quantitative estimate of drug-likeness (QED) is 0.860. The Hall–Kier alpha value is -1.02. The van der Waals surface area contributed by atoms with E-state index in [1.807, 2.05) is 24.3 Å². The lowest BCUT2D eigenvalue weighted by atomic mass is 9.75. The summed E-state index contributed by atoms with van der Waals surface area (Å²) in [6, 6.07) is 7.83. The molecule has 1 aliphatic rings. The van der Waals surface area contributed by atoms with E-state index in [1.54, 1.807) is 7.11 Å². The van der Waals surface area contributed by atoms with Crippen molar-refractivity contribution in [1.29, 1.82) is 0 Å². The number of aliphatic hydroxyl groups excluding tert-OH is 1. The van der Waals surface area contributed by atoms with Crippen LogP contribution >= 0.6 is 0 Å². The number of benzene rings is 1. The zero-order chi connectivity index (χ0) is 12.3. The van der Waals surface area contributed by atoms with Crippen LogP contribution in [0.3, 0.4) is 0 Å². The van der Waals surface area contributed by atoms with Gasteiger partial charge in [0.2, 0.25) is 0 Å². The molecule has 2 rings (SSSR count). The van der Waals surface area contributed by atoms with Gasteiger partial charge in [0, 0.05) is 5.41 Å². The van der Waals surface area contributed by atoms with Crippen LogP contribution in [0.2, 0.25) is 0 Å². The number of hydrogen-bond donors (Lipinski definition) is 1. The molecule has 1 aromatic rings. The van der Waals surface area contributed by atoms with E-state index < -0.39 is 0 Å². The number of aliphatic hydroxyl groups is 1. The van der Waals surface area contributed by atoms with E-state index in [0.29, 0.717) is 0 Å². The van der Waals surface area contributed by atoms with Crippen molar-refractivity contribution < 1.29 is 9.84 Å². The van der Waals surface area contributed by atoms with Crippen LogP contribution < -0.4 is 4.74 Å². The number of hydrogen-bond acceptors (Lipinski definition) is 2. The second-order valence-electron chi connectivity index (χ2n) is 5.10. The highest BCUT2D eigenvalue weighted by molar-refractivity contribution is 5.29. The maximum absolute atomic E-state index is 10.6. The standard InChI is InChI=1S/C15H22O2/c1-3-15(10-4-5-11-15)14(16)12-6-8-13(17-2)9-7-12/h6-9,14,16H,3-5,10-11H2,1-2H3. The summed E-state index contributed by atoms with van der Waals surface area (Å²) in [5.41, 5.74) is 1.13. The van der Waals surface area contributed by atoms with E-state index in [2.05, 4.69) is 6.92 Å². The van der Waals surface area contributed by atoms with E-state index in [4.69, 9.17) is 4.74 Å². The molecule has 0 saturated heterocycles. The second kappa shape index (κ2) is 5.09. The first-order chi connectivity index (χ1) is 8.22. The highest BCUT2D eigenvalue weighted by atomic mass is 16.5. The third-order valence-electron chi connectivity index (χ3n) is 4.32. The molecule has 1 unspecified atom stereocenters. The molecule has 0 aliphatic heterocycles. The molecule has 2 nitrogen and oxygen atoms in total. The third kappa shape index (κ3) is 2.32. The van der Waals surface area contributed by atoms with Crippen molar-refractivity contribution >= 4 is 0 Å². The summed E-state index contributed by atoms with van der Waals surface area (Å²) in [6.07, 6.45) is 5.52. The van der Waals surface area contributed by atoms with Gasteiger partial charge in [-0.05, 0) is 37.0 Å². The van der Waals surface area contributed by atoms with Gasteiger partial charge in [0.05, 0.1) is 13.2 Å². The largest absolute Gasteiger partial charge is 0.497 e. The molecule has 0 spiro atoms. The lowest BCUT2D eigenvalue weighted by Gasteiger charge is -2.33. The van der Waals surface area contributed by atoms with Gasteiger partial charge in [-0.1, -0.05) is 31.9 Å². The molecule has 17 heavy (non-hydrogen) atoms. The van der Waals surface area contributed by atoms with Crippen molar-refractivity contribution in [3.05, 3.63) is 29.8 Å². The third-order valence-corrected chi connectivity index (χ3v) is 4.32. The fourth-order valence-corrected chi connectivity index (χ4v) is 3.04. The topological polar surface area (TPSA) is 29.5 Å². The lowest BCUT2D eigenvalue weighted by Crippen LogP contribution is -2.24. The predicted octanol–water partition coefficient (Wildman–Crippen LogP) is 3.70. The summed E-state index contributed by atoms with van der Waals surface area (Å²) >= 11 is 0. The summed E-state index contributed by atoms with van der Waals surface area (Å²) < 4.78 is 5.14. The molecular weight excluding hydrogens is 212 g/mol. The van der Waals surface area contributed by atoms with Gasteiger partial charge >= 0.3 is 0 Å². The van der Waals surface area contributed by atoms with Gasteiger partial charge in [-0.2, -0.15) is 0 Å². The summed E-state index contributed by atoms with van der Waals surface area (Å²) in [5.74, 6) is 0.845. The average molecular weight is 234 g/mol. The van der Waals surface area contributed by atoms with Crippen LogP contribution in [0.5, 0.6) is 5.75 Å². The average Bonchev–Trinajstić information content (AvgIpc) is 2.88. The highest BCUT2D eigenvalue weighted by Gasteiger charge is 2.39. The fourth-order valence-electron chi connectivity index (χ4n) is 3.04. The number of rotatable bonds is 4. The Labute approximate surface area is 104 Å². The molecule has 1 atom stereocenters. The number of methoxy groups -OCH3 is 1. The predicted molar refractivity (Wildman–Crippen MR) is 69.1 cm³/mol. The molecule has 0 amide bonds. The molecular formula is C15H22O2. The molecule has 1 aromatic carbocycles. The summed E-state index contributed by atoms with van der Waals surface area (Å²) in [4.78, 5) is 0. The summed E-state index contributed by atoms with van der Waals surface area (Å²) in [7, 11) is 1.66. The minimum Gasteiger partial charge on any atom is -0.497 e. The Morgan fingerprint density at radius 1 is 1.24 bits per heavy atom. The summed E-state index contributed by atoms with van der Waals surface area (Å²) in [5, 5.41) is 10.6. The van der Waals surface area contributed by atoms with Crippen molar-refractivity contribution in [1.82, 2.24) is 0 Å². The molecule has 0 radical (unpaired) electrons. The number of ether oxygens (including phenoxy) is 1. The van der Waals surface area contributed by atoms with Crippen LogP contribution in [0.15, 0.2) is 24.3 Å². The van der Waals surface area contributed by atoms with Crippen molar-refractivity contribution in [2.75, 3.05) is 7.11 Å². The monoisotopic (exact) mass is 234 g/mol. The van der Waals surface area contributed by atoms with Crippen LogP contribution in [0, 0.1) is 5.41 Å². The van der Waals surface area contributed by atoms with Crippen molar-refractivity contribution in [3.63, 3.8) is 0 Å². The second-order valence-corrected chi connectivity index (χ2v) is 5.10. The Morgan fingerprint density at radius 3 is 2.29 bits per heavy atom. The lowest BCUT2D eigenvalue weighted by molar-refractivity contribution is 0.0237. The molecule has 1 fully saturated rings. The Morgan fingerprint density at radius 2 is 1.82 bits per heavy atom. The van der Waals surface area contributed by atoms with Crippen LogP contribution in [0.25, 0.3) is 0 Å². The van der Waals surface area contributed by atoms with E-state index >= 15 is 0 Å². The first-order valence-electron chi connectivity index (χ1n) is 6.54. The molecule has 1 aliphatic carbocycles. The smallest absolute Gasteiger partial charge is 0.118 e. The minimum atomic E-state index is -0.332. The molecule has 94 valence electrons. The Bertz CT molecular complexity index is 350. The van der Waals surface area contributed by atoms with Crippen molar-refractivity contribution in [3.8, 4) is 5.75 Å². The molecule has 1 saturated carbocycles. The van der Waals surface area contributed by atoms with Crippen molar-refractivity contribution in [2.45, 2.75) is 45.1 Å². The van der Waals surface area contributed by atoms with Gasteiger partial charge in [-0.3, -0.25) is 0 Å². The minimum absolute atomic E-state index is 0.106. The Kier molecular flexibility index (Phi) is 3.72. The van der Waals surface area contributed by atoms with Gasteiger partial charge in [0.1, 0.15) is 5.75 Å². The highest BCUT2D eigenvalue weighted by Crippen LogP contribution is 2.50. The van der Waals surface area contributed by atoms with Crippen LogP contribution in [-0.2, 0) is 0 Å². The maximum atomic E-state index is 10.6. The van der Waals surface area contributed by atoms with E-state index in [9.17, 15) is 5.11 Å². The van der Waals surface area contributed by atoms with Gasteiger partial charge in [0.15, 0.2) is 0 Å². The van der Waals surface area contributed by atoms with Gasteiger partial charge < -0.3 is 9.84 Å². The SMILES string of the molecule is CCC1(C(O)c2ccc(OC)cc2)CCCC1. The van der Waals surface area contributed by atoms with Crippen LogP contribution in [-0.4, -0.2) is 12.2 Å². The molecule has 0 aromatic heterocycles. The van der Waals surface area contributed by atoms with Crippen LogP contribution in [0.1, 0.15) is 50.7 Å². The zero-order valence-electron chi connectivity index (χ0n) is 10.8.